The van der Waals surface area contributed by atoms with Gasteiger partial charge in [-0.3, -0.25) is 10.1 Å². The molecule has 0 spiro atoms. The molecule has 0 bridgehead atoms. The van der Waals surface area contributed by atoms with E-state index >= 15 is 0 Å². The number of benzene rings is 2. The highest BCUT2D eigenvalue weighted by Crippen LogP contribution is 2.37. The van der Waals surface area contributed by atoms with E-state index in [1.165, 1.54) is 28.9 Å². The van der Waals surface area contributed by atoms with Crippen LogP contribution in [0.15, 0.2) is 48.5 Å². The zero-order valence-corrected chi connectivity index (χ0v) is 21.1. The Balaban J connectivity index is 1.67. The summed E-state index contributed by atoms with van der Waals surface area (Å²) in [5.74, 6) is 0.931. The lowest BCUT2D eigenvalue weighted by Gasteiger charge is -2.36. The quantitative estimate of drug-likeness (QED) is 0.142. The van der Waals surface area contributed by atoms with E-state index in [2.05, 4.69) is 44.2 Å². The summed E-state index contributed by atoms with van der Waals surface area (Å²) in [7, 11) is -0.252. The number of nitrogens with zero attached hydrogens (tertiary/aromatic N) is 4. The zero-order chi connectivity index (χ0) is 25.1. The van der Waals surface area contributed by atoms with Crippen molar-refractivity contribution < 1.29 is 23.6 Å². The fourth-order valence-corrected chi connectivity index (χ4v) is 3.81. The van der Waals surface area contributed by atoms with Gasteiger partial charge in [0, 0.05) is 24.7 Å². The first-order chi connectivity index (χ1) is 15.9. The molecular formula is C23H28N4O6Si. The van der Waals surface area contributed by atoms with E-state index in [1.54, 1.807) is 7.05 Å². The maximum atomic E-state index is 12.1. The maximum Gasteiger partial charge on any atom is 0.514 e. The van der Waals surface area contributed by atoms with Crippen molar-refractivity contribution in [3.63, 3.8) is 0 Å². The lowest BCUT2D eigenvalue weighted by molar-refractivity contribution is -0.384. The van der Waals surface area contributed by atoms with Crippen LogP contribution < -0.4 is 9.16 Å². The molecule has 0 radical (unpaired) electrons. The third-order valence-corrected chi connectivity index (χ3v) is 10.2. The molecule has 10 nitrogen and oxygen atoms in total. The number of non-ortho nitro benzene ring substituents is 1. The molecule has 0 amide bonds. The minimum atomic E-state index is -1.95. The molecule has 0 atom stereocenters. The van der Waals surface area contributed by atoms with E-state index in [4.69, 9.17) is 13.9 Å². The molecule has 2 aromatic carbocycles. The minimum absolute atomic E-state index is 0.0875. The van der Waals surface area contributed by atoms with Crippen molar-refractivity contribution in [1.82, 2.24) is 15.0 Å². The van der Waals surface area contributed by atoms with Crippen molar-refractivity contribution in [2.45, 2.75) is 45.5 Å². The molecule has 180 valence electrons. The van der Waals surface area contributed by atoms with Crippen molar-refractivity contribution in [3.05, 3.63) is 64.3 Å². The van der Waals surface area contributed by atoms with Crippen LogP contribution in [0.5, 0.6) is 11.5 Å². The van der Waals surface area contributed by atoms with Gasteiger partial charge >= 0.3 is 6.16 Å². The summed E-state index contributed by atoms with van der Waals surface area (Å²) in [5, 5.41) is 19.1. The molecule has 0 saturated carbocycles. The second kappa shape index (κ2) is 9.63. The molecule has 0 N–H and O–H groups in total. The molecule has 3 aromatic rings. The summed E-state index contributed by atoms with van der Waals surface area (Å²) in [4.78, 5) is 22.3. The third-order valence-electron chi connectivity index (χ3n) is 5.83. The summed E-state index contributed by atoms with van der Waals surface area (Å²) in [6.45, 7) is 10.8. The summed E-state index contributed by atoms with van der Waals surface area (Å²) in [5.41, 5.74) is 1.85. The van der Waals surface area contributed by atoms with Crippen LogP contribution in [0.4, 0.5) is 10.5 Å². The molecule has 34 heavy (non-hydrogen) atoms. The smallest absolute Gasteiger partial charge is 0.514 e. The van der Waals surface area contributed by atoms with Crippen LogP contribution in [0.2, 0.25) is 18.1 Å². The van der Waals surface area contributed by atoms with E-state index in [0.717, 1.165) is 11.3 Å². The summed E-state index contributed by atoms with van der Waals surface area (Å²) in [6, 6.07) is 12.7. The highest BCUT2D eigenvalue weighted by molar-refractivity contribution is 6.74. The zero-order valence-electron chi connectivity index (χ0n) is 20.1. The lowest BCUT2D eigenvalue weighted by Crippen LogP contribution is -2.43. The van der Waals surface area contributed by atoms with Gasteiger partial charge in [-0.2, -0.15) is 0 Å². The molecule has 0 saturated heterocycles. The average molecular weight is 485 g/mol. The topological polar surface area (TPSA) is 119 Å². The third kappa shape index (κ3) is 5.79. The van der Waals surface area contributed by atoms with Crippen molar-refractivity contribution in [2.24, 2.45) is 7.05 Å². The van der Waals surface area contributed by atoms with Crippen molar-refractivity contribution in [1.29, 1.82) is 0 Å². The predicted molar refractivity (Wildman–Crippen MR) is 128 cm³/mol. The van der Waals surface area contributed by atoms with Gasteiger partial charge in [-0.15, -0.1) is 5.10 Å². The van der Waals surface area contributed by atoms with Crippen LogP contribution in [-0.4, -0.2) is 34.4 Å². The molecule has 0 aliphatic carbocycles. The number of aryl methyl sites for hydroxylation is 1. The molecule has 1 aromatic heterocycles. The van der Waals surface area contributed by atoms with E-state index in [1.807, 2.05) is 24.3 Å². The van der Waals surface area contributed by atoms with Crippen molar-refractivity contribution in [2.75, 3.05) is 0 Å². The molecule has 0 aliphatic heterocycles. The number of carbonyl (C=O) groups is 1. The van der Waals surface area contributed by atoms with Gasteiger partial charge in [-0.25, -0.2) is 9.48 Å². The number of hydrogen-bond donors (Lipinski definition) is 0. The summed E-state index contributed by atoms with van der Waals surface area (Å²) >= 11 is 0. The highest BCUT2D eigenvalue weighted by Gasteiger charge is 2.38. The number of hydrogen-bond acceptors (Lipinski definition) is 8. The van der Waals surface area contributed by atoms with Gasteiger partial charge in [-0.1, -0.05) is 26.0 Å². The van der Waals surface area contributed by atoms with Crippen LogP contribution in [0.25, 0.3) is 11.3 Å². The minimum Gasteiger partial charge on any atom is -0.544 e. The van der Waals surface area contributed by atoms with Crippen LogP contribution >= 0.6 is 0 Å². The molecule has 1 heterocycles. The molecular weight excluding hydrogens is 456 g/mol. The highest BCUT2D eigenvalue weighted by atomic mass is 28.4. The Morgan fingerprint density at radius 1 is 1.06 bits per heavy atom. The number of ether oxygens (including phenoxy) is 2. The van der Waals surface area contributed by atoms with Crippen LogP contribution in [0.3, 0.4) is 0 Å². The SMILES string of the molecule is Cn1nnc(-c2ccc(O[Si](C)(C)C(C)(C)C)cc2)c1COC(=O)Oc1ccc([N+](=O)[O-])cc1. The Bertz CT molecular complexity index is 1170. The molecule has 11 heteroatoms. The first kappa shape index (κ1) is 24.9. The maximum absolute atomic E-state index is 12.1. The van der Waals surface area contributed by atoms with Gasteiger partial charge in [0.2, 0.25) is 8.32 Å². The van der Waals surface area contributed by atoms with Crippen LogP contribution in [-0.2, 0) is 18.4 Å². The van der Waals surface area contributed by atoms with Gasteiger partial charge < -0.3 is 13.9 Å². The fourth-order valence-electron chi connectivity index (χ4n) is 2.78. The monoisotopic (exact) mass is 484 g/mol. The number of rotatable bonds is 7. The largest absolute Gasteiger partial charge is 0.544 e. The van der Waals surface area contributed by atoms with Crippen LogP contribution in [0, 0.1) is 10.1 Å². The molecule has 0 aliphatic rings. The Morgan fingerprint density at radius 3 is 2.21 bits per heavy atom. The summed E-state index contributed by atoms with van der Waals surface area (Å²) < 4.78 is 18.1. The van der Waals surface area contributed by atoms with Crippen molar-refractivity contribution in [3.8, 4) is 22.8 Å². The first-order valence-electron chi connectivity index (χ1n) is 10.6. The van der Waals surface area contributed by atoms with E-state index < -0.39 is 19.4 Å². The second-order valence-corrected chi connectivity index (χ2v) is 14.0. The fraction of sp³-hybridized carbons (Fsp3) is 0.348. The second-order valence-electron chi connectivity index (χ2n) is 9.29. The Labute approximate surface area is 198 Å². The number of carbonyl (C=O) groups excluding carboxylic acids is 1. The molecule has 0 fully saturated rings. The van der Waals surface area contributed by atoms with Crippen molar-refractivity contribution >= 4 is 20.2 Å². The van der Waals surface area contributed by atoms with Gasteiger partial charge in [0.15, 0.2) is 0 Å². The number of nitro groups is 1. The molecule has 0 unspecified atom stereocenters. The van der Waals surface area contributed by atoms with Crippen LogP contribution in [0.1, 0.15) is 26.5 Å². The van der Waals surface area contributed by atoms with Gasteiger partial charge in [0.1, 0.15) is 29.5 Å². The Hall–Kier alpha value is -3.73. The summed E-state index contributed by atoms with van der Waals surface area (Å²) in [6.07, 6.45) is -0.945. The number of nitro benzene ring substituents is 1. The predicted octanol–water partition coefficient (Wildman–Crippen LogP) is 5.49. The Kier molecular flexibility index (Phi) is 7.06. The van der Waals surface area contributed by atoms with Gasteiger partial charge in [-0.05, 0) is 54.5 Å². The van der Waals surface area contributed by atoms with E-state index in [-0.39, 0.29) is 23.1 Å². The Morgan fingerprint density at radius 2 is 1.65 bits per heavy atom. The standard InChI is InChI=1S/C23H28N4O6Si/c1-23(2,3)34(5,6)33-19-11-7-16(8-12-19)21-20(26(4)25-24-21)15-31-22(28)32-18-13-9-17(10-14-18)27(29)30/h7-14H,15H2,1-6H3. The normalized spacial score (nSPS) is 11.7. The average Bonchev–Trinajstić information content (AvgIpc) is 3.12. The van der Waals surface area contributed by atoms with Gasteiger partial charge in [0.05, 0.1) is 4.92 Å². The number of aromatic nitrogens is 3. The first-order valence-corrected chi connectivity index (χ1v) is 13.6. The van der Waals surface area contributed by atoms with Gasteiger partial charge in [0.25, 0.3) is 5.69 Å². The lowest BCUT2D eigenvalue weighted by atomic mass is 10.1. The molecule has 3 rings (SSSR count). The van der Waals surface area contributed by atoms with E-state index in [0.29, 0.717) is 11.4 Å². The van der Waals surface area contributed by atoms with E-state index in [9.17, 15) is 14.9 Å².